The van der Waals surface area contributed by atoms with E-state index >= 15 is 0 Å². The average Bonchev–Trinajstić information content (AvgIpc) is 2.94. The van der Waals surface area contributed by atoms with Crippen LogP contribution in [0.3, 0.4) is 0 Å². The Hall–Kier alpha value is -4.37. The standard InChI is InChI=1S/C38H34BNO/c1-23-19-24(2)35(25(3)20-23)39-32-13-9-10-14-34(32)41-37-30-17-18-40-36(29(30)15-16-33(37)39)27-21-26-11-7-8-12-28(26)31(22-27)38(4,5)6/h7-22H,1-6H3. The number of ether oxygens (including phenoxy) is 1. The van der Waals surface area contributed by atoms with Crippen molar-refractivity contribution in [2.75, 3.05) is 0 Å². The minimum absolute atomic E-state index is 0.00314. The summed E-state index contributed by atoms with van der Waals surface area (Å²) in [6.45, 7) is 13.6. The van der Waals surface area contributed by atoms with Crippen LogP contribution in [0.4, 0.5) is 0 Å². The number of aryl methyl sites for hydroxylation is 3. The molecule has 0 fully saturated rings. The van der Waals surface area contributed by atoms with Gasteiger partial charge in [-0.3, -0.25) is 4.98 Å². The van der Waals surface area contributed by atoms with Crippen molar-refractivity contribution in [3.63, 3.8) is 0 Å². The van der Waals surface area contributed by atoms with E-state index in [0.717, 1.165) is 33.5 Å². The zero-order valence-electron chi connectivity index (χ0n) is 24.7. The van der Waals surface area contributed by atoms with Gasteiger partial charge in [-0.2, -0.15) is 0 Å². The van der Waals surface area contributed by atoms with Gasteiger partial charge in [0.1, 0.15) is 11.5 Å². The van der Waals surface area contributed by atoms with Gasteiger partial charge >= 0.3 is 0 Å². The predicted octanol–water partition coefficient (Wildman–Crippen LogP) is 7.90. The predicted molar refractivity (Wildman–Crippen MR) is 175 cm³/mol. The van der Waals surface area contributed by atoms with Crippen molar-refractivity contribution in [3.05, 3.63) is 119 Å². The third kappa shape index (κ3) is 4.14. The number of pyridine rings is 1. The van der Waals surface area contributed by atoms with Crippen LogP contribution in [0.1, 0.15) is 43.0 Å². The molecule has 0 N–H and O–H groups in total. The lowest BCUT2D eigenvalue weighted by atomic mass is 9.34. The highest BCUT2D eigenvalue weighted by molar-refractivity contribution is 6.97. The molecule has 3 heteroatoms. The van der Waals surface area contributed by atoms with E-state index in [1.807, 2.05) is 6.20 Å². The fourth-order valence-electron chi connectivity index (χ4n) is 6.93. The van der Waals surface area contributed by atoms with Gasteiger partial charge in [0.15, 0.2) is 0 Å². The number of para-hydroxylation sites is 1. The van der Waals surface area contributed by atoms with Gasteiger partial charge in [0, 0.05) is 22.5 Å². The minimum atomic E-state index is 0.00314. The Morgan fingerprint density at radius 1 is 0.683 bits per heavy atom. The molecule has 6 aromatic rings. The van der Waals surface area contributed by atoms with E-state index in [1.165, 1.54) is 49.4 Å². The van der Waals surface area contributed by atoms with Gasteiger partial charge < -0.3 is 4.74 Å². The zero-order chi connectivity index (χ0) is 28.5. The molecule has 41 heavy (non-hydrogen) atoms. The molecule has 2 heterocycles. The summed E-state index contributed by atoms with van der Waals surface area (Å²) in [7, 11) is 0. The first-order valence-corrected chi connectivity index (χ1v) is 14.5. The van der Waals surface area contributed by atoms with Crippen LogP contribution in [0.25, 0.3) is 32.8 Å². The molecule has 0 unspecified atom stereocenters. The molecule has 0 saturated heterocycles. The summed E-state index contributed by atoms with van der Waals surface area (Å²) in [5, 5.41) is 4.74. The topological polar surface area (TPSA) is 22.1 Å². The largest absolute Gasteiger partial charge is 0.458 e. The fraction of sp³-hybridized carbons (Fsp3) is 0.184. The highest BCUT2D eigenvalue weighted by Crippen LogP contribution is 2.39. The summed E-state index contributed by atoms with van der Waals surface area (Å²) < 4.78 is 6.76. The Bertz CT molecular complexity index is 1980. The minimum Gasteiger partial charge on any atom is -0.458 e. The molecule has 0 radical (unpaired) electrons. The van der Waals surface area contributed by atoms with E-state index in [0.29, 0.717) is 0 Å². The monoisotopic (exact) mass is 531 g/mol. The van der Waals surface area contributed by atoms with Crippen LogP contribution in [0, 0.1) is 20.8 Å². The summed E-state index contributed by atoms with van der Waals surface area (Å²) in [4.78, 5) is 4.96. The van der Waals surface area contributed by atoms with Crippen LogP contribution in [0.5, 0.6) is 11.5 Å². The van der Waals surface area contributed by atoms with E-state index in [1.54, 1.807) is 0 Å². The maximum absolute atomic E-state index is 6.76. The quantitative estimate of drug-likeness (QED) is 0.212. The molecule has 1 aliphatic heterocycles. The van der Waals surface area contributed by atoms with Crippen LogP contribution in [-0.4, -0.2) is 11.7 Å². The number of benzene rings is 5. The summed E-state index contributed by atoms with van der Waals surface area (Å²) in [5.41, 5.74) is 11.2. The average molecular weight is 532 g/mol. The summed E-state index contributed by atoms with van der Waals surface area (Å²) >= 11 is 0. The number of nitrogens with zero attached hydrogens (tertiary/aromatic N) is 1. The van der Waals surface area contributed by atoms with Crippen molar-refractivity contribution in [1.29, 1.82) is 0 Å². The molecule has 5 aromatic carbocycles. The Morgan fingerprint density at radius 2 is 1.41 bits per heavy atom. The summed E-state index contributed by atoms with van der Waals surface area (Å²) in [6, 6.07) is 33.0. The van der Waals surface area contributed by atoms with Crippen molar-refractivity contribution in [2.24, 2.45) is 0 Å². The third-order valence-electron chi connectivity index (χ3n) is 8.65. The highest BCUT2D eigenvalue weighted by Gasteiger charge is 2.35. The van der Waals surface area contributed by atoms with Gasteiger partial charge in [-0.15, -0.1) is 0 Å². The molecule has 0 saturated carbocycles. The van der Waals surface area contributed by atoms with Gasteiger partial charge in [-0.05, 0) is 77.7 Å². The molecule has 0 aliphatic carbocycles. The van der Waals surface area contributed by atoms with Crippen molar-refractivity contribution < 1.29 is 4.74 Å². The fourth-order valence-corrected chi connectivity index (χ4v) is 6.93. The van der Waals surface area contributed by atoms with Gasteiger partial charge in [0.05, 0.1) is 5.69 Å². The smallest absolute Gasteiger partial charge is 0.251 e. The van der Waals surface area contributed by atoms with Crippen LogP contribution < -0.4 is 21.1 Å². The molecule has 200 valence electrons. The lowest BCUT2D eigenvalue weighted by Gasteiger charge is -2.30. The zero-order valence-corrected chi connectivity index (χ0v) is 24.7. The van der Waals surface area contributed by atoms with Crippen LogP contribution in [0.15, 0.2) is 97.2 Å². The second-order valence-electron chi connectivity index (χ2n) is 12.6. The summed E-state index contributed by atoms with van der Waals surface area (Å²) in [5.74, 6) is 1.86. The molecule has 0 spiro atoms. The Morgan fingerprint density at radius 3 is 2.20 bits per heavy atom. The molecule has 7 rings (SSSR count). The van der Waals surface area contributed by atoms with Crippen LogP contribution in [0.2, 0.25) is 0 Å². The Balaban J connectivity index is 1.49. The Kier molecular flexibility index (Phi) is 5.83. The number of hydrogen-bond donors (Lipinski definition) is 0. The van der Waals surface area contributed by atoms with Gasteiger partial charge in [0.2, 0.25) is 0 Å². The molecule has 0 atom stereocenters. The van der Waals surface area contributed by atoms with Gasteiger partial charge in [-0.1, -0.05) is 110 Å². The molecule has 2 nitrogen and oxygen atoms in total. The van der Waals surface area contributed by atoms with Crippen molar-refractivity contribution in [2.45, 2.75) is 47.0 Å². The van der Waals surface area contributed by atoms with E-state index in [2.05, 4.69) is 133 Å². The lowest BCUT2D eigenvalue weighted by molar-refractivity contribution is 0.493. The van der Waals surface area contributed by atoms with Gasteiger partial charge in [0.25, 0.3) is 6.71 Å². The molecule has 1 aromatic heterocycles. The van der Waals surface area contributed by atoms with E-state index < -0.39 is 0 Å². The molecule has 0 amide bonds. The molecular weight excluding hydrogens is 497 g/mol. The number of aromatic nitrogens is 1. The number of hydrogen-bond acceptors (Lipinski definition) is 2. The molecular formula is C38H34BNO. The van der Waals surface area contributed by atoms with E-state index in [9.17, 15) is 0 Å². The molecule has 1 aliphatic rings. The third-order valence-corrected chi connectivity index (χ3v) is 8.65. The van der Waals surface area contributed by atoms with Crippen LogP contribution in [-0.2, 0) is 5.41 Å². The second kappa shape index (κ2) is 9.34. The second-order valence-corrected chi connectivity index (χ2v) is 12.6. The molecule has 0 bridgehead atoms. The number of rotatable bonds is 2. The maximum atomic E-state index is 6.76. The van der Waals surface area contributed by atoms with Crippen molar-refractivity contribution in [1.82, 2.24) is 4.98 Å². The van der Waals surface area contributed by atoms with Crippen LogP contribution >= 0.6 is 0 Å². The van der Waals surface area contributed by atoms with E-state index in [4.69, 9.17) is 9.72 Å². The highest BCUT2D eigenvalue weighted by atomic mass is 16.5. The first kappa shape index (κ1) is 25.6. The maximum Gasteiger partial charge on any atom is 0.251 e. The normalized spacial score (nSPS) is 12.8. The Labute approximate surface area is 243 Å². The van der Waals surface area contributed by atoms with Crippen molar-refractivity contribution >= 4 is 44.6 Å². The lowest BCUT2D eigenvalue weighted by Crippen LogP contribution is -2.56. The SMILES string of the molecule is Cc1cc(C)c(B2c3ccccc3Oc3c2ccc2c(-c4cc(C(C)(C)C)c5ccccc5c4)nccc32)c(C)c1. The first-order valence-electron chi connectivity index (χ1n) is 14.5. The van der Waals surface area contributed by atoms with Gasteiger partial charge in [-0.25, -0.2) is 0 Å². The van der Waals surface area contributed by atoms with Crippen molar-refractivity contribution in [3.8, 4) is 22.8 Å². The summed E-state index contributed by atoms with van der Waals surface area (Å²) in [6.07, 6.45) is 1.94. The first-order chi connectivity index (χ1) is 19.7. The van der Waals surface area contributed by atoms with E-state index in [-0.39, 0.29) is 12.1 Å². The number of fused-ring (bicyclic) bond motifs is 5.